The number of halogens is 1. The van der Waals surface area contributed by atoms with Crippen molar-refractivity contribution in [2.75, 3.05) is 20.2 Å². The number of nitrogens with one attached hydrogen (secondary N) is 1. The molecule has 0 atom stereocenters. The van der Waals surface area contributed by atoms with Crippen molar-refractivity contribution < 1.29 is 14.3 Å². The van der Waals surface area contributed by atoms with E-state index in [1.807, 2.05) is 30.3 Å². The molecule has 1 N–H and O–H groups in total. The van der Waals surface area contributed by atoms with Crippen LogP contribution in [0.5, 0.6) is 0 Å². The largest absolute Gasteiger partial charge is 0.508 e. The minimum atomic E-state index is -0.630. The molecule has 0 aliphatic rings. The van der Waals surface area contributed by atoms with E-state index in [2.05, 4.69) is 5.32 Å². The van der Waals surface area contributed by atoms with E-state index in [9.17, 15) is 4.79 Å². The summed E-state index contributed by atoms with van der Waals surface area (Å²) < 4.78 is 9.67. The summed E-state index contributed by atoms with van der Waals surface area (Å²) in [5.41, 5.74) is 0.947. The highest BCUT2D eigenvalue weighted by Crippen LogP contribution is 2.01. The zero-order chi connectivity index (χ0) is 10.9. The van der Waals surface area contributed by atoms with Gasteiger partial charge in [0.15, 0.2) is 0 Å². The molecule has 1 rings (SSSR count). The van der Waals surface area contributed by atoms with Gasteiger partial charge in [0.05, 0.1) is 0 Å². The second-order valence-corrected chi connectivity index (χ2v) is 2.98. The number of benzene rings is 1. The molecular formula is C11H16ClNO3. The van der Waals surface area contributed by atoms with E-state index in [0.29, 0.717) is 13.2 Å². The third-order valence-electron chi connectivity index (χ3n) is 1.77. The molecule has 4 nitrogen and oxygen atoms in total. The van der Waals surface area contributed by atoms with Crippen molar-refractivity contribution in [2.24, 2.45) is 0 Å². The third kappa shape index (κ3) is 6.27. The molecule has 0 saturated heterocycles. The molecular weight excluding hydrogens is 230 g/mol. The maximum atomic E-state index is 11.0. The van der Waals surface area contributed by atoms with Gasteiger partial charge in [0.25, 0.3) is 0 Å². The molecule has 0 aromatic heterocycles. The van der Waals surface area contributed by atoms with Gasteiger partial charge >= 0.3 is 6.16 Å². The van der Waals surface area contributed by atoms with Crippen molar-refractivity contribution in [2.45, 2.75) is 6.61 Å². The van der Waals surface area contributed by atoms with Crippen molar-refractivity contribution >= 4 is 18.6 Å². The summed E-state index contributed by atoms with van der Waals surface area (Å²) in [6.45, 7) is 1.20. The van der Waals surface area contributed by atoms with E-state index in [4.69, 9.17) is 9.47 Å². The second kappa shape index (κ2) is 9.00. The minimum Gasteiger partial charge on any atom is -0.433 e. The van der Waals surface area contributed by atoms with Gasteiger partial charge in [-0.15, -0.1) is 12.4 Å². The average Bonchev–Trinajstić information content (AvgIpc) is 2.28. The Morgan fingerprint density at radius 3 is 2.56 bits per heavy atom. The maximum Gasteiger partial charge on any atom is 0.508 e. The van der Waals surface area contributed by atoms with Crippen molar-refractivity contribution in [3.8, 4) is 0 Å². The van der Waals surface area contributed by atoms with Crippen LogP contribution < -0.4 is 5.32 Å². The van der Waals surface area contributed by atoms with Crippen LogP contribution in [-0.4, -0.2) is 26.4 Å². The Morgan fingerprint density at radius 2 is 1.94 bits per heavy atom. The Bertz CT molecular complexity index is 293. The zero-order valence-electron chi connectivity index (χ0n) is 9.14. The van der Waals surface area contributed by atoms with Gasteiger partial charge in [0.2, 0.25) is 0 Å². The van der Waals surface area contributed by atoms with Gasteiger partial charge < -0.3 is 14.8 Å². The molecule has 1 aromatic carbocycles. The van der Waals surface area contributed by atoms with Crippen molar-refractivity contribution in [1.29, 1.82) is 0 Å². The summed E-state index contributed by atoms with van der Waals surface area (Å²) in [5, 5.41) is 2.86. The van der Waals surface area contributed by atoms with E-state index in [-0.39, 0.29) is 19.0 Å². The van der Waals surface area contributed by atoms with Crippen LogP contribution in [0.25, 0.3) is 0 Å². The first-order chi connectivity index (χ1) is 7.33. The number of ether oxygens (including phenoxy) is 2. The van der Waals surface area contributed by atoms with Crippen LogP contribution in [0.3, 0.4) is 0 Å². The van der Waals surface area contributed by atoms with Crippen LogP contribution in [-0.2, 0) is 16.1 Å². The Labute approximate surface area is 101 Å². The predicted octanol–water partition coefficient (Wildman–Crippen LogP) is 1.98. The first-order valence-electron chi connectivity index (χ1n) is 4.81. The van der Waals surface area contributed by atoms with Crippen LogP contribution in [0.1, 0.15) is 5.56 Å². The Balaban J connectivity index is 0.00000225. The third-order valence-corrected chi connectivity index (χ3v) is 1.77. The lowest BCUT2D eigenvalue weighted by Gasteiger charge is -2.05. The summed E-state index contributed by atoms with van der Waals surface area (Å²) in [5.74, 6) is 0. The quantitative estimate of drug-likeness (QED) is 0.637. The molecule has 16 heavy (non-hydrogen) atoms. The minimum absolute atomic E-state index is 0. The topological polar surface area (TPSA) is 47.6 Å². The molecule has 0 bridgehead atoms. The van der Waals surface area contributed by atoms with Crippen LogP contribution in [0.4, 0.5) is 4.79 Å². The van der Waals surface area contributed by atoms with Crippen molar-refractivity contribution in [3.05, 3.63) is 35.9 Å². The van der Waals surface area contributed by atoms with Crippen LogP contribution in [0.2, 0.25) is 0 Å². The molecule has 0 radical (unpaired) electrons. The lowest BCUT2D eigenvalue weighted by Crippen LogP contribution is -2.17. The van der Waals surface area contributed by atoms with Gasteiger partial charge in [-0.2, -0.15) is 0 Å². The monoisotopic (exact) mass is 245 g/mol. The Hall–Kier alpha value is -1.26. The number of carbonyl (C=O) groups is 1. The molecule has 0 fully saturated rings. The molecule has 0 aliphatic heterocycles. The first-order valence-corrected chi connectivity index (χ1v) is 4.81. The van der Waals surface area contributed by atoms with Crippen molar-refractivity contribution in [1.82, 2.24) is 5.32 Å². The molecule has 0 unspecified atom stereocenters. The van der Waals surface area contributed by atoms with E-state index >= 15 is 0 Å². The Kier molecular flexibility index (Phi) is 8.29. The van der Waals surface area contributed by atoms with E-state index < -0.39 is 6.16 Å². The van der Waals surface area contributed by atoms with Gasteiger partial charge in [-0.3, -0.25) is 0 Å². The Morgan fingerprint density at radius 1 is 1.25 bits per heavy atom. The molecule has 1 aromatic rings. The van der Waals surface area contributed by atoms with Crippen LogP contribution in [0.15, 0.2) is 30.3 Å². The molecule has 5 heteroatoms. The predicted molar refractivity (Wildman–Crippen MR) is 63.8 cm³/mol. The lowest BCUT2D eigenvalue weighted by molar-refractivity contribution is 0.0509. The van der Waals surface area contributed by atoms with E-state index in [1.54, 1.807) is 7.05 Å². The standard InChI is InChI=1S/C11H15NO3.ClH/c1-12-7-8-14-11(13)15-9-10-5-3-2-4-6-10;/h2-6,12H,7-9H2,1H3;1H. The normalized spacial score (nSPS) is 9.06. The number of carbonyl (C=O) groups excluding carboxylic acids is 1. The molecule has 0 amide bonds. The molecule has 0 heterocycles. The maximum absolute atomic E-state index is 11.0. The van der Waals surface area contributed by atoms with Gasteiger partial charge in [0.1, 0.15) is 13.2 Å². The first kappa shape index (κ1) is 14.7. The molecule has 0 saturated carbocycles. The zero-order valence-corrected chi connectivity index (χ0v) is 9.96. The average molecular weight is 246 g/mol. The fourth-order valence-electron chi connectivity index (χ4n) is 0.995. The van der Waals surface area contributed by atoms with Gasteiger partial charge in [-0.05, 0) is 12.6 Å². The molecule has 0 spiro atoms. The summed E-state index contributed by atoms with van der Waals surface area (Å²) in [6.07, 6.45) is -0.630. The summed E-state index contributed by atoms with van der Waals surface area (Å²) >= 11 is 0. The highest BCUT2D eigenvalue weighted by molar-refractivity contribution is 5.85. The summed E-state index contributed by atoms with van der Waals surface area (Å²) in [4.78, 5) is 11.0. The van der Waals surface area contributed by atoms with Gasteiger partial charge in [-0.1, -0.05) is 30.3 Å². The number of rotatable bonds is 5. The number of likely N-dealkylation sites (N-methyl/N-ethyl adjacent to an activating group) is 1. The SMILES string of the molecule is CNCCOC(=O)OCc1ccccc1.Cl. The fourth-order valence-corrected chi connectivity index (χ4v) is 0.995. The summed E-state index contributed by atoms with van der Waals surface area (Å²) in [7, 11) is 1.79. The number of hydrogen-bond donors (Lipinski definition) is 1. The lowest BCUT2D eigenvalue weighted by atomic mass is 10.2. The second-order valence-electron chi connectivity index (χ2n) is 2.98. The van der Waals surface area contributed by atoms with Gasteiger partial charge in [-0.25, -0.2) is 4.79 Å². The molecule has 0 aliphatic carbocycles. The fraction of sp³-hybridized carbons (Fsp3) is 0.364. The van der Waals surface area contributed by atoms with Crippen molar-refractivity contribution in [3.63, 3.8) is 0 Å². The highest BCUT2D eigenvalue weighted by Gasteiger charge is 2.02. The summed E-state index contributed by atoms with van der Waals surface area (Å²) in [6, 6.07) is 9.48. The van der Waals surface area contributed by atoms with E-state index in [0.717, 1.165) is 5.56 Å². The number of hydrogen-bond acceptors (Lipinski definition) is 4. The highest BCUT2D eigenvalue weighted by atomic mass is 35.5. The smallest absolute Gasteiger partial charge is 0.433 e. The van der Waals surface area contributed by atoms with Gasteiger partial charge in [0, 0.05) is 6.54 Å². The van der Waals surface area contributed by atoms with E-state index in [1.165, 1.54) is 0 Å². The molecule has 90 valence electrons. The van der Waals surface area contributed by atoms with Crippen LogP contribution in [0, 0.1) is 0 Å². The van der Waals surface area contributed by atoms with Crippen LogP contribution >= 0.6 is 12.4 Å².